The number of rotatable bonds is 7. The molecule has 0 aliphatic carbocycles. The normalized spacial score (nSPS) is 15.6. The van der Waals surface area contributed by atoms with Crippen molar-refractivity contribution >= 4 is 52.6 Å². The fraction of sp³-hybridized carbons (Fsp3) is 0.150. The summed E-state index contributed by atoms with van der Waals surface area (Å²) in [5.41, 5.74) is 3.32. The summed E-state index contributed by atoms with van der Waals surface area (Å²) in [7, 11) is 1.40. The van der Waals surface area contributed by atoms with Crippen LogP contribution in [-0.4, -0.2) is 41.6 Å². The lowest BCUT2D eigenvalue weighted by molar-refractivity contribution is -0.136. The number of esters is 1. The Balaban J connectivity index is 1.60. The van der Waals surface area contributed by atoms with Crippen molar-refractivity contribution in [3.8, 4) is 11.5 Å². The molecule has 1 fully saturated rings. The van der Waals surface area contributed by atoms with Crippen molar-refractivity contribution in [2.75, 3.05) is 7.11 Å². The summed E-state index contributed by atoms with van der Waals surface area (Å²) in [5, 5.41) is 5.12. The van der Waals surface area contributed by atoms with Gasteiger partial charge in [-0.1, -0.05) is 29.4 Å². The number of ether oxygens (including phenoxy) is 2. The van der Waals surface area contributed by atoms with Crippen molar-refractivity contribution in [2.24, 2.45) is 5.10 Å². The lowest BCUT2D eigenvalue weighted by atomic mass is 10.2. The van der Waals surface area contributed by atoms with E-state index < -0.39 is 28.3 Å². The third kappa shape index (κ3) is 6.06. The molecule has 0 aromatic heterocycles. The van der Waals surface area contributed by atoms with Gasteiger partial charge < -0.3 is 9.47 Å². The van der Waals surface area contributed by atoms with Gasteiger partial charge in [0.15, 0.2) is 11.5 Å². The number of amides is 3. The molecule has 2 N–H and O–H groups in total. The Hall–Kier alpha value is -3.37. The van der Waals surface area contributed by atoms with Gasteiger partial charge in [-0.2, -0.15) is 5.10 Å². The van der Waals surface area contributed by atoms with Gasteiger partial charge in [0, 0.05) is 10.6 Å². The Kier molecular flexibility index (Phi) is 7.27. The molecule has 1 unspecified atom stereocenters. The van der Waals surface area contributed by atoms with Crippen LogP contribution in [0.5, 0.6) is 11.5 Å². The van der Waals surface area contributed by atoms with Gasteiger partial charge in [0.2, 0.25) is 5.91 Å². The molecule has 2 aromatic carbocycles. The predicted molar refractivity (Wildman–Crippen MR) is 115 cm³/mol. The van der Waals surface area contributed by atoms with Crippen LogP contribution >= 0.6 is 23.4 Å². The van der Waals surface area contributed by atoms with E-state index in [2.05, 4.69) is 15.8 Å². The maximum absolute atomic E-state index is 12.1. The molecule has 9 nitrogen and oxygen atoms in total. The highest BCUT2D eigenvalue weighted by Crippen LogP contribution is 2.29. The van der Waals surface area contributed by atoms with E-state index in [0.717, 1.165) is 11.8 Å². The van der Waals surface area contributed by atoms with Gasteiger partial charge >= 0.3 is 5.97 Å². The Labute approximate surface area is 186 Å². The van der Waals surface area contributed by atoms with Gasteiger partial charge in [0.25, 0.3) is 11.1 Å². The van der Waals surface area contributed by atoms with Crippen molar-refractivity contribution in [1.29, 1.82) is 0 Å². The number of nitrogens with one attached hydrogen (secondary N) is 2. The number of halogens is 1. The van der Waals surface area contributed by atoms with Crippen LogP contribution in [0.2, 0.25) is 5.02 Å². The Morgan fingerprint density at radius 1 is 1.23 bits per heavy atom. The van der Waals surface area contributed by atoms with Crippen LogP contribution in [0, 0.1) is 0 Å². The molecule has 1 aliphatic rings. The number of carbonyl (C=O) groups is 4. The van der Waals surface area contributed by atoms with E-state index in [4.69, 9.17) is 21.1 Å². The number of thioether (sulfide) groups is 1. The number of imide groups is 1. The number of hydrogen-bond acceptors (Lipinski definition) is 8. The van der Waals surface area contributed by atoms with Crippen LogP contribution in [0.4, 0.5) is 4.79 Å². The van der Waals surface area contributed by atoms with E-state index in [9.17, 15) is 19.2 Å². The molecular weight excluding hydrogens is 446 g/mol. The molecule has 0 saturated carbocycles. The van der Waals surface area contributed by atoms with E-state index in [0.29, 0.717) is 16.1 Å². The minimum absolute atomic E-state index is 0.141. The first-order chi connectivity index (χ1) is 14.9. The highest BCUT2D eigenvalue weighted by Gasteiger charge is 2.34. The number of hydrogen-bond donors (Lipinski definition) is 2. The van der Waals surface area contributed by atoms with Gasteiger partial charge in [0.1, 0.15) is 5.25 Å². The number of benzene rings is 2. The standard InChI is InChI=1S/C20H16ClN3O6S/c1-29-15-7-11(10-22-24-18(26)12-3-2-4-13(21)8-12)5-6-14(15)30-17(25)9-16-19(27)23-20(28)31-16/h2-8,10,16H,9H2,1H3,(H,24,26)(H,23,27,28)/b22-10+. The quantitative estimate of drug-likeness (QED) is 0.281. The molecule has 3 rings (SSSR count). The third-order valence-corrected chi connectivity index (χ3v) is 5.21. The molecule has 3 amide bonds. The summed E-state index contributed by atoms with van der Waals surface area (Å²) in [6.45, 7) is 0. The Morgan fingerprint density at radius 2 is 2.03 bits per heavy atom. The Morgan fingerprint density at radius 3 is 2.71 bits per heavy atom. The zero-order valence-corrected chi connectivity index (χ0v) is 17.7. The van der Waals surface area contributed by atoms with Crippen molar-refractivity contribution < 1.29 is 28.7 Å². The summed E-state index contributed by atoms with van der Waals surface area (Å²) in [6, 6.07) is 11.1. The first-order valence-electron chi connectivity index (χ1n) is 8.85. The summed E-state index contributed by atoms with van der Waals surface area (Å²) < 4.78 is 10.5. The van der Waals surface area contributed by atoms with Gasteiger partial charge in [-0.15, -0.1) is 0 Å². The van der Waals surface area contributed by atoms with Gasteiger partial charge in [-0.05, 0) is 42.0 Å². The summed E-state index contributed by atoms with van der Waals surface area (Å²) >= 11 is 6.60. The lowest BCUT2D eigenvalue weighted by Crippen LogP contribution is -2.27. The first-order valence-corrected chi connectivity index (χ1v) is 10.1. The molecule has 0 spiro atoms. The highest BCUT2D eigenvalue weighted by molar-refractivity contribution is 8.15. The van der Waals surface area contributed by atoms with Crippen LogP contribution in [0.1, 0.15) is 22.3 Å². The summed E-state index contributed by atoms with van der Waals surface area (Å²) in [6.07, 6.45) is 1.13. The zero-order valence-electron chi connectivity index (χ0n) is 16.1. The van der Waals surface area contributed by atoms with E-state index in [1.807, 2.05) is 0 Å². The fourth-order valence-corrected chi connectivity index (χ4v) is 3.55. The van der Waals surface area contributed by atoms with Crippen LogP contribution in [0.15, 0.2) is 47.6 Å². The third-order valence-electron chi connectivity index (χ3n) is 4.00. The van der Waals surface area contributed by atoms with Crippen LogP contribution in [0.25, 0.3) is 0 Å². The molecule has 1 aliphatic heterocycles. The average molecular weight is 462 g/mol. The van der Waals surface area contributed by atoms with Gasteiger partial charge in [0.05, 0.1) is 19.7 Å². The van der Waals surface area contributed by atoms with E-state index >= 15 is 0 Å². The second-order valence-electron chi connectivity index (χ2n) is 6.18. The first kappa shape index (κ1) is 22.3. The monoisotopic (exact) mass is 461 g/mol. The van der Waals surface area contributed by atoms with E-state index in [-0.39, 0.29) is 17.9 Å². The van der Waals surface area contributed by atoms with Crippen molar-refractivity contribution in [3.63, 3.8) is 0 Å². The second kappa shape index (κ2) is 10.1. The van der Waals surface area contributed by atoms with Crippen molar-refractivity contribution in [3.05, 3.63) is 58.6 Å². The summed E-state index contributed by atoms with van der Waals surface area (Å²) in [4.78, 5) is 46.9. The van der Waals surface area contributed by atoms with E-state index in [1.165, 1.54) is 25.5 Å². The minimum atomic E-state index is -0.819. The summed E-state index contributed by atoms with van der Waals surface area (Å²) in [5.74, 6) is -1.25. The molecule has 2 aromatic rings. The second-order valence-corrected chi connectivity index (χ2v) is 7.79. The zero-order chi connectivity index (χ0) is 22.4. The van der Waals surface area contributed by atoms with Crippen molar-refractivity contribution in [2.45, 2.75) is 11.7 Å². The van der Waals surface area contributed by atoms with Crippen LogP contribution < -0.4 is 20.2 Å². The fourth-order valence-electron chi connectivity index (χ4n) is 2.55. The number of carbonyl (C=O) groups excluding carboxylic acids is 4. The highest BCUT2D eigenvalue weighted by atomic mass is 35.5. The molecule has 1 atom stereocenters. The lowest BCUT2D eigenvalue weighted by Gasteiger charge is -2.10. The maximum atomic E-state index is 12.1. The average Bonchev–Trinajstić information content (AvgIpc) is 3.05. The van der Waals surface area contributed by atoms with E-state index in [1.54, 1.807) is 30.3 Å². The number of methoxy groups -OCH3 is 1. The molecule has 0 radical (unpaired) electrons. The predicted octanol–water partition coefficient (Wildman–Crippen LogP) is 2.76. The maximum Gasteiger partial charge on any atom is 0.312 e. The van der Waals surface area contributed by atoms with Crippen molar-refractivity contribution in [1.82, 2.24) is 10.7 Å². The molecule has 0 bridgehead atoms. The molecule has 1 heterocycles. The molecular formula is C20H16ClN3O6S. The molecule has 1 saturated heterocycles. The molecule has 31 heavy (non-hydrogen) atoms. The smallest absolute Gasteiger partial charge is 0.312 e. The van der Waals surface area contributed by atoms with Gasteiger partial charge in [-0.25, -0.2) is 5.43 Å². The van der Waals surface area contributed by atoms with Gasteiger partial charge in [-0.3, -0.25) is 24.5 Å². The largest absolute Gasteiger partial charge is 0.493 e. The molecule has 11 heteroatoms. The van der Waals surface area contributed by atoms with Crippen LogP contribution in [-0.2, 0) is 9.59 Å². The topological polar surface area (TPSA) is 123 Å². The number of hydrazone groups is 1. The van der Waals surface area contributed by atoms with Crippen LogP contribution in [0.3, 0.4) is 0 Å². The SMILES string of the molecule is COc1cc(/C=N/NC(=O)c2cccc(Cl)c2)ccc1OC(=O)CC1SC(=O)NC1=O. The molecule has 160 valence electrons. The minimum Gasteiger partial charge on any atom is -0.493 e. The Bertz CT molecular complexity index is 1070. The number of nitrogens with zero attached hydrogens (tertiary/aromatic N) is 1.